The summed E-state index contributed by atoms with van der Waals surface area (Å²) >= 11 is 5.93. The van der Waals surface area contributed by atoms with Crippen molar-refractivity contribution >= 4 is 83.0 Å². The maximum absolute atomic E-state index is 13.3. The van der Waals surface area contributed by atoms with Crippen molar-refractivity contribution in [3.8, 4) is 0 Å². The molecule has 4 amide bonds. The lowest BCUT2D eigenvalue weighted by Gasteiger charge is -2.31. The van der Waals surface area contributed by atoms with Crippen molar-refractivity contribution in [2.75, 3.05) is 13.2 Å². The number of hydrogen-bond donors (Lipinski definition) is 10. The summed E-state index contributed by atoms with van der Waals surface area (Å²) in [6, 6.07) is -1.10. The molecule has 0 aromatic heterocycles. The molecule has 592 valence electrons. The van der Waals surface area contributed by atoms with Crippen LogP contribution in [-0.2, 0) is 73.4 Å². The van der Waals surface area contributed by atoms with Gasteiger partial charge in [-0.15, -0.1) is 0 Å². The van der Waals surface area contributed by atoms with Crippen LogP contribution in [0, 0.1) is 35.5 Å². The lowest BCUT2D eigenvalue weighted by molar-refractivity contribution is -0.151. The first-order valence-corrected chi connectivity index (χ1v) is 39.6. The van der Waals surface area contributed by atoms with Crippen molar-refractivity contribution in [3.63, 3.8) is 0 Å². The Morgan fingerprint density at radius 3 is 1.04 bits per heavy atom. The Hall–Kier alpha value is -7.01. The Bertz CT molecular complexity index is 3230. The van der Waals surface area contributed by atoms with E-state index in [-0.39, 0.29) is 78.1 Å². The van der Waals surface area contributed by atoms with Crippen LogP contribution in [0.15, 0.2) is 24.3 Å². The number of carbonyl (C=O) groups excluding carboxylic acids is 6. The highest BCUT2D eigenvalue weighted by Crippen LogP contribution is 2.46. The first-order chi connectivity index (χ1) is 50.5. The smallest absolute Gasteiger partial charge is 0.326 e. The number of rotatable bonds is 33. The lowest BCUT2D eigenvalue weighted by Crippen LogP contribution is -2.55. The topological polar surface area (TPSA) is 406 Å². The molecular weight excluding hydrogens is 1390 g/mol. The van der Waals surface area contributed by atoms with E-state index in [1.807, 2.05) is 19.1 Å². The molecular formula is C77H117ClN8O20. The molecule has 4 saturated heterocycles. The number of unbranched alkanes of at least 4 members (excludes halogenated alkanes) is 2. The molecule has 106 heavy (non-hydrogen) atoms. The summed E-state index contributed by atoms with van der Waals surface area (Å²) < 4.78 is 10.4. The molecule has 10 N–H and O–H groups in total. The molecule has 1 aromatic carbocycles. The highest BCUT2D eigenvalue weighted by Gasteiger charge is 2.54. The van der Waals surface area contributed by atoms with Gasteiger partial charge in [-0.25, -0.2) is 19.2 Å². The molecule has 0 spiro atoms. The Morgan fingerprint density at radius 1 is 0.415 bits per heavy atom. The summed E-state index contributed by atoms with van der Waals surface area (Å²) in [6.07, 6.45) is 23.2. The number of aryl methyl sites for hydroxylation is 1. The number of carbonyl (C=O) groups is 12. The highest BCUT2D eigenvalue weighted by atomic mass is 35.5. The van der Waals surface area contributed by atoms with Gasteiger partial charge in [-0.2, -0.15) is 0 Å². The third-order valence-corrected chi connectivity index (χ3v) is 24.1. The Labute approximate surface area is 627 Å². The van der Waals surface area contributed by atoms with Crippen molar-refractivity contribution in [1.82, 2.24) is 40.9 Å². The molecule has 29 heteroatoms. The van der Waals surface area contributed by atoms with Gasteiger partial charge in [0.2, 0.25) is 23.6 Å². The van der Waals surface area contributed by atoms with Crippen molar-refractivity contribution in [3.05, 3.63) is 34.9 Å². The number of fused-ring (bicyclic) bond motifs is 4. The summed E-state index contributed by atoms with van der Waals surface area (Å²) in [4.78, 5) is 152. The highest BCUT2D eigenvalue weighted by molar-refractivity contribution is 6.30. The van der Waals surface area contributed by atoms with Crippen LogP contribution in [0.5, 0.6) is 0 Å². The summed E-state index contributed by atoms with van der Waals surface area (Å²) in [6.45, 7) is 12.8. The van der Waals surface area contributed by atoms with Gasteiger partial charge in [0.15, 0.2) is 0 Å². The number of carboxylic acids is 6. The lowest BCUT2D eigenvalue weighted by atomic mass is 10.0. The van der Waals surface area contributed by atoms with Gasteiger partial charge in [-0.3, -0.25) is 59.6 Å². The fraction of sp³-hybridized carbons (Fsp3) is 0.766. The minimum atomic E-state index is -0.967. The first kappa shape index (κ1) is 84.6. The van der Waals surface area contributed by atoms with Crippen LogP contribution < -0.4 is 21.3 Å². The van der Waals surface area contributed by atoms with Crippen molar-refractivity contribution in [2.24, 2.45) is 35.5 Å². The second kappa shape index (κ2) is 39.4. The maximum Gasteiger partial charge on any atom is 0.326 e. The second-order valence-corrected chi connectivity index (χ2v) is 31.8. The van der Waals surface area contributed by atoms with E-state index in [2.05, 4.69) is 21.3 Å². The van der Waals surface area contributed by atoms with Gasteiger partial charge in [0.1, 0.15) is 48.3 Å². The van der Waals surface area contributed by atoms with Crippen LogP contribution in [0.2, 0.25) is 5.02 Å². The average Bonchev–Trinajstić information content (AvgIpc) is 1.65. The third-order valence-electron chi connectivity index (χ3n) is 23.8. The van der Waals surface area contributed by atoms with E-state index in [9.17, 15) is 88.2 Å². The number of esters is 2. The fourth-order valence-corrected chi connectivity index (χ4v) is 18.3. The molecule has 4 heterocycles. The van der Waals surface area contributed by atoms with Crippen molar-refractivity contribution < 1.29 is 97.6 Å². The van der Waals surface area contributed by atoms with E-state index in [0.717, 1.165) is 128 Å². The summed E-state index contributed by atoms with van der Waals surface area (Å²) in [5.41, 5.74) is 1.03. The third kappa shape index (κ3) is 22.1. The summed E-state index contributed by atoms with van der Waals surface area (Å²) in [5.74, 6) is -5.49. The number of hydrogen-bond acceptors (Lipinski definition) is 18. The van der Waals surface area contributed by atoms with Gasteiger partial charge in [-0.1, -0.05) is 101 Å². The molecule has 6 saturated carbocycles. The van der Waals surface area contributed by atoms with Crippen LogP contribution in [0.4, 0.5) is 0 Å². The molecule has 10 aliphatic rings. The van der Waals surface area contributed by atoms with Gasteiger partial charge in [0.25, 0.3) is 0 Å². The van der Waals surface area contributed by atoms with E-state index >= 15 is 0 Å². The maximum atomic E-state index is 13.3. The quantitative estimate of drug-likeness (QED) is 0.0240. The minimum Gasteiger partial charge on any atom is -0.480 e. The monoisotopic (exact) mass is 1510 g/mol. The second-order valence-electron chi connectivity index (χ2n) is 31.3. The molecule has 0 unspecified atom stereocenters. The number of halogens is 1. The molecule has 1 aromatic rings. The molecule has 6 aliphatic carbocycles. The zero-order chi connectivity index (χ0) is 77.4. The Kier molecular flexibility index (Phi) is 31.4. The van der Waals surface area contributed by atoms with Gasteiger partial charge >= 0.3 is 47.8 Å². The predicted molar refractivity (Wildman–Crippen MR) is 389 cm³/mol. The van der Waals surface area contributed by atoms with Gasteiger partial charge in [0.05, 0.1) is 37.4 Å². The van der Waals surface area contributed by atoms with E-state index in [1.54, 1.807) is 63.5 Å². The summed E-state index contributed by atoms with van der Waals surface area (Å²) in [7, 11) is 0. The summed E-state index contributed by atoms with van der Waals surface area (Å²) in [5, 5.41) is 69.6. The number of likely N-dealkylation sites (tertiary alicyclic amines) is 4. The van der Waals surface area contributed by atoms with Crippen LogP contribution >= 0.6 is 11.6 Å². The minimum absolute atomic E-state index is 0.00504. The molecule has 20 atom stereocenters. The molecule has 0 radical (unpaired) electrons. The molecule has 11 rings (SSSR count). The van der Waals surface area contributed by atoms with Crippen LogP contribution in [0.25, 0.3) is 0 Å². The number of ether oxygens (including phenoxy) is 2. The van der Waals surface area contributed by atoms with E-state index in [0.29, 0.717) is 87.2 Å². The van der Waals surface area contributed by atoms with Gasteiger partial charge < -0.3 is 59.7 Å². The van der Waals surface area contributed by atoms with Crippen LogP contribution in [0.1, 0.15) is 227 Å². The number of aliphatic carboxylic acids is 6. The fourth-order valence-electron chi connectivity index (χ4n) is 18.1. The number of carboxylic acid groups (broad SMARTS) is 6. The standard InChI is InChI=1S/C23H31ClN2O5.C19H30N2O5.C18H30N2O5.C17H26N2O5/c1-3-31-23(30)18(12-9-15-7-10-17(24)11-8-15)25-14(2)21(27)26-19-6-4-5-16(19)13-20(26)22(28)29;1-3-26-19(25)14(9-12-7-8-12)20-11(2)17(22)21-15-6-4-5-13(15)10-16(21)18(23)24;1-3-4-5-8-13(17(22)23)19-11(2)16(21)20-14-9-6-7-12(14)10-15(20)18(24)25;1-9(18-12(16(21)22)7-10-5-6-10)15(20)19-13-4-2-3-11(13)8-14(19)17(23)24/h7-8,10-11,14,16,18-20,25H,3-6,9,12-13H2,1-2H3,(H,28,29);11-16,20H,3-10H2,1-2H3,(H,23,24);11-15,19H,3-10H2,1-2H3,(H,22,23)(H,24,25);9-14,18H,2-8H2,1H3,(H,21,22)(H,23,24)/t14-,16-,18-,19-,20-;11-,13-,14-,15-,16-;11-,12-,13-,14-,15-;9-,11-,12-,13-,14-/m0000/s1. The normalized spacial score (nSPS) is 28.2. The van der Waals surface area contributed by atoms with E-state index in [4.69, 9.17) is 21.1 Å². The van der Waals surface area contributed by atoms with Crippen LogP contribution in [-0.4, -0.2) is 232 Å². The molecule has 28 nitrogen and oxygen atoms in total. The van der Waals surface area contributed by atoms with E-state index in [1.165, 1.54) is 9.80 Å². The number of benzene rings is 1. The Morgan fingerprint density at radius 2 is 0.726 bits per heavy atom. The average molecular weight is 1510 g/mol. The van der Waals surface area contributed by atoms with Crippen molar-refractivity contribution in [1.29, 1.82) is 0 Å². The Balaban J connectivity index is 0.000000179. The number of nitrogens with zero attached hydrogens (tertiary/aromatic N) is 4. The molecule has 10 fully saturated rings. The van der Waals surface area contributed by atoms with Gasteiger partial charge in [0, 0.05) is 29.2 Å². The van der Waals surface area contributed by atoms with E-state index < -0.39 is 114 Å². The largest absolute Gasteiger partial charge is 0.480 e. The van der Waals surface area contributed by atoms with Crippen molar-refractivity contribution in [2.45, 2.75) is 325 Å². The number of amides is 4. The van der Waals surface area contributed by atoms with Gasteiger partial charge in [-0.05, 0) is 204 Å². The zero-order valence-electron chi connectivity index (χ0n) is 62.8. The van der Waals surface area contributed by atoms with Crippen LogP contribution in [0.3, 0.4) is 0 Å². The molecule has 4 aliphatic heterocycles. The predicted octanol–water partition coefficient (Wildman–Crippen LogP) is 7.51. The SMILES string of the molecule is CCCCC[C@H](N[C@@H](C)C(=O)N1[C@H](C(=O)O)C[C@@H]2CCC[C@@H]21)C(=O)O.CCOC(=O)[C@H](CC1CC1)N[C@@H](C)C(=O)N1[C@H](C(=O)O)C[C@@H]2CCC[C@@H]21.CCOC(=O)[C@H](CCc1ccc(Cl)cc1)N[C@@H](C)C(=O)N1[C@H](C(=O)O)C[C@@H]2CCC[C@@H]21.C[C@H](N[C@@H](CC1CC1)C(=O)O)C(=O)N1[C@H](C(=O)O)C[C@@H]2CCC[C@@H]21. The first-order valence-electron chi connectivity index (χ1n) is 39.3. The number of nitrogens with one attached hydrogen (secondary N) is 4. The zero-order valence-corrected chi connectivity index (χ0v) is 63.5. The molecule has 0 bridgehead atoms.